The Morgan fingerprint density at radius 3 is 2.27 bits per heavy atom. The molecule has 0 bridgehead atoms. The van der Waals surface area contributed by atoms with Crippen LogP contribution in [0.25, 0.3) is 0 Å². The Kier molecular flexibility index (Phi) is 2.30. The minimum Gasteiger partial charge on any atom is -0.356 e. The second-order valence-corrected chi connectivity index (χ2v) is 6.14. The number of hydrogen-bond donors (Lipinski definition) is 1. The Bertz CT molecular complexity index is 354. The molecule has 0 amide bonds. The van der Waals surface area contributed by atoms with E-state index in [4.69, 9.17) is 0 Å². The van der Waals surface area contributed by atoms with Crippen LogP contribution in [0.4, 0.5) is 5.13 Å². The highest BCUT2D eigenvalue weighted by molar-refractivity contribution is 7.09. The van der Waals surface area contributed by atoms with Gasteiger partial charge in [0.25, 0.3) is 0 Å². The molecule has 84 valence electrons. The maximum atomic E-state index is 4.44. The summed E-state index contributed by atoms with van der Waals surface area (Å²) < 4.78 is 4.28. The van der Waals surface area contributed by atoms with E-state index in [0.717, 1.165) is 17.4 Å². The molecule has 1 aliphatic rings. The number of aryl methyl sites for hydroxylation is 1. The molecule has 0 saturated heterocycles. The molecule has 1 aliphatic carbocycles. The SMILES string of the molecule is CCc1nsc(NC2C(C)(C)C2(C)C)n1. The lowest BCUT2D eigenvalue weighted by atomic mass is 10.0. The van der Waals surface area contributed by atoms with Gasteiger partial charge in [0.15, 0.2) is 0 Å². The molecule has 0 atom stereocenters. The highest BCUT2D eigenvalue weighted by Crippen LogP contribution is 2.63. The number of nitrogens with zero attached hydrogens (tertiary/aromatic N) is 2. The average molecular weight is 225 g/mol. The molecule has 1 heterocycles. The summed E-state index contributed by atoms with van der Waals surface area (Å²) in [5.41, 5.74) is 0.704. The van der Waals surface area contributed by atoms with Crippen molar-refractivity contribution in [3.63, 3.8) is 0 Å². The van der Waals surface area contributed by atoms with E-state index in [1.54, 1.807) is 0 Å². The van der Waals surface area contributed by atoms with Gasteiger partial charge in [0.1, 0.15) is 5.82 Å². The fraction of sp³-hybridized carbons (Fsp3) is 0.818. The summed E-state index contributed by atoms with van der Waals surface area (Å²) >= 11 is 1.47. The number of hydrogen-bond acceptors (Lipinski definition) is 4. The van der Waals surface area contributed by atoms with Gasteiger partial charge in [-0.2, -0.15) is 4.37 Å². The maximum Gasteiger partial charge on any atom is 0.202 e. The highest BCUT2D eigenvalue weighted by Gasteiger charge is 2.65. The topological polar surface area (TPSA) is 37.8 Å². The third-order valence-corrected chi connectivity index (χ3v) is 4.76. The Labute approximate surface area is 95.5 Å². The van der Waals surface area contributed by atoms with Crippen molar-refractivity contribution in [2.24, 2.45) is 10.8 Å². The number of rotatable bonds is 3. The first-order valence-corrected chi connectivity index (χ1v) is 6.26. The van der Waals surface area contributed by atoms with Crippen molar-refractivity contribution < 1.29 is 0 Å². The third-order valence-electron chi connectivity index (χ3n) is 4.07. The molecule has 1 aromatic rings. The van der Waals surface area contributed by atoms with Gasteiger partial charge in [0.05, 0.1) is 0 Å². The van der Waals surface area contributed by atoms with Crippen LogP contribution in [0.15, 0.2) is 0 Å². The van der Waals surface area contributed by atoms with Gasteiger partial charge < -0.3 is 5.32 Å². The van der Waals surface area contributed by atoms with E-state index in [-0.39, 0.29) is 0 Å². The smallest absolute Gasteiger partial charge is 0.202 e. The first-order valence-electron chi connectivity index (χ1n) is 5.48. The van der Waals surface area contributed by atoms with E-state index in [0.29, 0.717) is 16.9 Å². The summed E-state index contributed by atoms with van der Waals surface area (Å²) in [6.07, 6.45) is 0.912. The highest BCUT2D eigenvalue weighted by atomic mass is 32.1. The molecule has 0 radical (unpaired) electrons. The summed E-state index contributed by atoms with van der Waals surface area (Å²) in [7, 11) is 0. The lowest BCUT2D eigenvalue weighted by Crippen LogP contribution is -2.09. The molecule has 1 saturated carbocycles. The number of nitrogens with one attached hydrogen (secondary N) is 1. The molecular weight excluding hydrogens is 206 g/mol. The van der Waals surface area contributed by atoms with Crippen molar-refractivity contribution in [2.75, 3.05) is 5.32 Å². The van der Waals surface area contributed by atoms with Crippen LogP contribution in [0.5, 0.6) is 0 Å². The molecule has 1 fully saturated rings. The number of aromatic nitrogens is 2. The molecule has 15 heavy (non-hydrogen) atoms. The third kappa shape index (κ3) is 1.55. The Morgan fingerprint density at radius 2 is 1.87 bits per heavy atom. The fourth-order valence-electron chi connectivity index (χ4n) is 2.14. The molecule has 1 N–H and O–H groups in total. The van der Waals surface area contributed by atoms with E-state index in [2.05, 4.69) is 49.3 Å². The van der Waals surface area contributed by atoms with Gasteiger partial charge in [0.2, 0.25) is 5.13 Å². The minimum absolute atomic E-state index is 0.352. The second kappa shape index (κ2) is 3.17. The van der Waals surface area contributed by atoms with Crippen LogP contribution >= 0.6 is 11.5 Å². The van der Waals surface area contributed by atoms with Crippen LogP contribution in [-0.4, -0.2) is 15.4 Å². The minimum atomic E-state index is 0.352. The van der Waals surface area contributed by atoms with Gasteiger partial charge in [-0.25, -0.2) is 4.98 Å². The normalized spacial score (nSPS) is 22.7. The van der Waals surface area contributed by atoms with Crippen molar-refractivity contribution in [1.82, 2.24) is 9.36 Å². The lowest BCUT2D eigenvalue weighted by Gasteiger charge is -2.02. The van der Waals surface area contributed by atoms with Crippen molar-refractivity contribution in [3.05, 3.63) is 5.82 Å². The van der Waals surface area contributed by atoms with Crippen LogP contribution in [0, 0.1) is 10.8 Å². The largest absolute Gasteiger partial charge is 0.356 e. The fourth-order valence-corrected chi connectivity index (χ4v) is 2.82. The number of anilines is 1. The molecule has 1 aromatic heterocycles. The van der Waals surface area contributed by atoms with E-state index in [9.17, 15) is 0 Å². The quantitative estimate of drug-likeness (QED) is 0.859. The predicted molar refractivity (Wildman–Crippen MR) is 64.3 cm³/mol. The van der Waals surface area contributed by atoms with Crippen LogP contribution in [0.2, 0.25) is 0 Å². The van der Waals surface area contributed by atoms with Gasteiger partial charge in [-0.15, -0.1) is 0 Å². The Morgan fingerprint density at radius 1 is 1.27 bits per heavy atom. The molecule has 0 spiro atoms. The van der Waals surface area contributed by atoms with E-state index >= 15 is 0 Å². The lowest BCUT2D eigenvalue weighted by molar-refractivity contribution is 0.457. The second-order valence-electron chi connectivity index (χ2n) is 5.39. The monoisotopic (exact) mass is 225 g/mol. The summed E-state index contributed by atoms with van der Waals surface area (Å²) in [5, 5.41) is 4.46. The van der Waals surface area contributed by atoms with Crippen molar-refractivity contribution in [1.29, 1.82) is 0 Å². The zero-order valence-corrected chi connectivity index (χ0v) is 10.9. The molecule has 2 rings (SSSR count). The van der Waals surface area contributed by atoms with E-state index in [1.807, 2.05) is 0 Å². The first-order chi connectivity index (χ1) is 6.89. The summed E-state index contributed by atoms with van der Waals surface area (Å²) in [6, 6.07) is 0.516. The summed E-state index contributed by atoms with van der Waals surface area (Å²) in [4.78, 5) is 4.44. The summed E-state index contributed by atoms with van der Waals surface area (Å²) in [6.45, 7) is 11.3. The van der Waals surface area contributed by atoms with Crippen molar-refractivity contribution in [2.45, 2.75) is 47.1 Å². The van der Waals surface area contributed by atoms with Gasteiger partial charge >= 0.3 is 0 Å². The van der Waals surface area contributed by atoms with Crippen molar-refractivity contribution >= 4 is 16.7 Å². The zero-order valence-electron chi connectivity index (χ0n) is 10.1. The first kappa shape index (κ1) is 10.9. The van der Waals surface area contributed by atoms with Crippen LogP contribution < -0.4 is 5.32 Å². The maximum absolute atomic E-state index is 4.44. The average Bonchev–Trinajstić information content (AvgIpc) is 2.60. The van der Waals surface area contributed by atoms with Gasteiger partial charge in [-0.3, -0.25) is 0 Å². The Balaban J connectivity index is 2.06. The molecule has 0 aromatic carbocycles. The zero-order chi connectivity index (χ0) is 11.3. The van der Waals surface area contributed by atoms with Crippen LogP contribution in [-0.2, 0) is 6.42 Å². The summed E-state index contributed by atoms with van der Waals surface area (Å²) in [5.74, 6) is 0.943. The van der Waals surface area contributed by atoms with E-state index < -0.39 is 0 Å². The molecule has 3 nitrogen and oxygen atoms in total. The standard InChI is InChI=1S/C11H19N3S/c1-6-7-12-9(15-14-7)13-8-10(2,3)11(8,4)5/h8H,6H2,1-5H3,(H,12,13,14). The van der Waals surface area contributed by atoms with Crippen LogP contribution in [0.1, 0.15) is 40.4 Å². The molecular formula is C11H19N3S. The van der Waals surface area contributed by atoms with Crippen LogP contribution in [0.3, 0.4) is 0 Å². The van der Waals surface area contributed by atoms with E-state index in [1.165, 1.54) is 11.5 Å². The molecule has 0 aliphatic heterocycles. The Hall–Kier alpha value is -0.640. The van der Waals surface area contributed by atoms with Gasteiger partial charge in [-0.05, 0) is 10.8 Å². The molecule has 0 unspecified atom stereocenters. The van der Waals surface area contributed by atoms with Gasteiger partial charge in [0, 0.05) is 24.0 Å². The predicted octanol–water partition coefficient (Wildman–Crippen LogP) is 2.95. The molecule has 4 heteroatoms. The van der Waals surface area contributed by atoms with Gasteiger partial charge in [-0.1, -0.05) is 34.6 Å². The van der Waals surface area contributed by atoms with Crippen molar-refractivity contribution in [3.8, 4) is 0 Å².